The zero-order chi connectivity index (χ0) is 14.3. The maximum atomic E-state index is 10.4. The van der Waals surface area contributed by atoms with Gasteiger partial charge in [-0.15, -0.1) is 0 Å². The fourth-order valence-corrected chi connectivity index (χ4v) is 2.99. The first-order valence-corrected chi connectivity index (χ1v) is 8.42. The van der Waals surface area contributed by atoms with Crippen molar-refractivity contribution in [2.75, 3.05) is 13.1 Å². The Kier molecular flexibility index (Phi) is 8.01. The van der Waals surface area contributed by atoms with Crippen molar-refractivity contribution in [3.8, 4) is 0 Å². The molecule has 1 fully saturated rings. The van der Waals surface area contributed by atoms with Crippen molar-refractivity contribution >= 4 is 0 Å². The summed E-state index contributed by atoms with van der Waals surface area (Å²) in [5, 5.41) is 10.4. The van der Waals surface area contributed by atoms with Crippen LogP contribution in [0.3, 0.4) is 0 Å². The third-order valence-electron chi connectivity index (χ3n) is 4.40. The van der Waals surface area contributed by atoms with Crippen molar-refractivity contribution in [3.05, 3.63) is 0 Å². The minimum Gasteiger partial charge on any atom is -0.391 e. The molecule has 19 heavy (non-hydrogen) atoms. The zero-order valence-electron chi connectivity index (χ0n) is 13.6. The zero-order valence-corrected chi connectivity index (χ0v) is 13.6. The number of hydrogen-bond donors (Lipinski definition) is 1. The molecule has 0 amide bonds. The molecule has 0 aliphatic heterocycles. The van der Waals surface area contributed by atoms with E-state index in [4.69, 9.17) is 0 Å². The highest BCUT2D eigenvalue weighted by Crippen LogP contribution is 2.24. The van der Waals surface area contributed by atoms with E-state index in [2.05, 4.69) is 32.6 Å². The largest absolute Gasteiger partial charge is 0.391 e. The van der Waals surface area contributed by atoms with Crippen molar-refractivity contribution in [2.45, 2.75) is 84.8 Å². The van der Waals surface area contributed by atoms with Gasteiger partial charge in [0.05, 0.1) is 6.10 Å². The Morgan fingerprint density at radius 3 is 1.95 bits per heavy atom. The molecule has 0 saturated heterocycles. The van der Waals surface area contributed by atoms with Crippen LogP contribution in [-0.4, -0.2) is 35.2 Å². The number of aliphatic hydroxyl groups excluding tert-OH is 1. The molecule has 0 bridgehead atoms. The van der Waals surface area contributed by atoms with Gasteiger partial charge in [0.25, 0.3) is 0 Å². The molecule has 2 nitrogen and oxygen atoms in total. The summed E-state index contributed by atoms with van der Waals surface area (Å²) in [5.41, 5.74) is 0. The molecule has 1 aliphatic rings. The molecule has 1 aliphatic carbocycles. The van der Waals surface area contributed by atoms with Crippen molar-refractivity contribution < 1.29 is 5.11 Å². The Morgan fingerprint density at radius 2 is 1.42 bits per heavy atom. The van der Waals surface area contributed by atoms with Crippen molar-refractivity contribution in [3.63, 3.8) is 0 Å². The number of nitrogens with zero attached hydrogens (tertiary/aromatic N) is 1. The lowest BCUT2D eigenvalue weighted by Gasteiger charge is -2.35. The maximum absolute atomic E-state index is 10.4. The molecule has 2 heteroatoms. The standard InChI is InChI=1S/C17H35NO/c1-14(2)10-12-18(13-11-15(3)4)16-8-6-5-7-9-17(16)19/h14-17,19H,5-13H2,1-4H3. The molecule has 0 aromatic heterocycles. The van der Waals surface area contributed by atoms with Crippen LogP contribution < -0.4 is 0 Å². The van der Waals surface area contributed by atoms with Crippen LogP contribution in [0.25, 0.3) is 0 Å². The quantitative estimate of drug-likeness (QED) is 0.704. The van der Waals surface area contributed by atoms with Crippen molar-refractivity contribution in [1.29, 1.82) is 0 Å². The van der Waals surface area contributed by atoms with Crippen LogP contribution in [0.4, 0.5) is 0 Å². The number of aliphatic hydroxyl groups is 1. The van der Waals surface area contributed by atoms with Gasteiger partial charge < -0.3 is 5.11 Å². The fraction of sp³-hybridized carbons (Fsp3) is 1.00. The predicted molar refractivity (Wildman–Crippen MR) is 83.4 cm³/mol. The smallest absolute Gasteiger partial charge is 0.0695 e. The second-order valence-electron chi connectivity index (χ2n) is 7.17. The van der Waals surface area contributed by atoms with Crippen molar-refractivity contribution in [2.24, 2.45) is 11.8 Å². The topological polar surface area (TPSA) is 23.5 Å². The summed E-state index contributed by atoms with van der Waals surface area (Å²) >= 11 is 0. The maximum Gasteiger partial charge on any atom is 0.0695 e. The van der Waals surface area contributed by atoms with Gasteiger partial charge in [0.1, 0.15) is 0 Å². The highest BCUT2D eigenvalue weighted by Gasteiger charge is 2.27. The highest BCUT2D eigenvalue weighted by molar-refractivity contribution is 4.82. The van der Waals surface area contributed by atoms with Gasteiger partial charge in [0.2, 0.25) is 0 Å². The van der Waals surface area contributed by atoms with Gasteiger partial charge in [0.15, 0.2) is 0 Å². The molecule has 1 saturated carbocycles. The lowest BCUT2D eigenvalue weighted by Crippen LogP contribution is -2.44. The van der Waals surface area contributed by atoms with Gasteiger partial charge in [-0.3, -0.25) is 4.90 Å². The second kappa shape index (κ2) is 8.97. The van der Waals surface area contributed by atoms with Crippen molar-refractivity contribution in [1.82, 2.24) is 4.90 Å². The number of rotatable bonds is 7. The summed E-state index contributed by atoms with van der Waals surface area (Å²) in [6, 6.07) is 0.417. The fourth-order valence-electron chi connectivity index (χ4n) is 2.99. The highest BCUT2D eigenvalue weighted by atomic mass is 16.3. The SMILES string of the molecule is CC(C)CCN(CCC(C)C)C1CCCCCC1O. The minimum absolute atomic E-state index is 0.0955. The first-order chi connectivity index (χ1) is 9.00. The Hall–Kier alpha value is -0.0800. The summed E-state index contributed by atoms with van der Waals surface area (Å²) in [4.78, 5) is 2.59. The summed E-state index contributed by atoms with van der Waals surface area (Å²) in [6.45, 7) is 11.5. The lowest BCUT2D eigenvalue weighted by atomic mass is 10.0. The van der Waals surface area contributed by atoms with Gasteiger partial charge in [0, 0.05) is 6.04 Å². The monoisotopic (exact) mass is 269 g/mol. The molecule has 0 spiro atoms. The third-order valence-corrected chi connectivity index (χ3v) is 4.40. The van der Waals surface area contributed by atoms with E-state index in [1.165, 1.54) is 38.5 Å². The molecular weight excluding hydrogens is 234 g/mol. The molecular formula is C17H35NO. The van der Waals surface area contributed by atoms with Crippen LogP contribution in [0.1, 0.15) is 72.6 Å². The van der Waals surface area contributed by atoms with E-state index in [1.54, 1.807) is 0 Å². The van der Waals surface area contributed by atoms with E-state index >= 15 is 0 Å². The normalized spacial score (nSPS) is 25.3. The van der Waals surface area contributed by atoms with Gasteiger partial charge in [-0.1, -0.05) is 47.0 Å². The molecule has 0 heterocycles. The Bertz CT molecular complexity index is 215. The summed E-state index contributed by atoms with van der Waals surface area (Å²) in [7, 11) is 0. The number of hydrogen-bond acceptors (Lipinski definition) is 2. The minimum atomic E-state index is -0.0955. The molecule has 1 rings (SSSR count). The molecule has 0 radical (unpaired) electrons. The first kappa shape index (κ1) is 17.0. The Labute approximate surface area is 120 Å². The lowest BCUT2D eigenvalue weighted by molar-refractivity contribution is 0.0391. The van der Waals surface area contributed by atoms with Gasteiger partial charge in [-0.25, -0.2) is 0 Å². The average Bonchev–Trinajstić information content (AvgIpc) is 2.54. The first-order valence-electron chi connectivity index (χ1n) is 8.42. The predicted octanol–water partition coefficient (Wildman–Crippen LogP) is 4.07. The van der Waals surface area contributed by atoms with Crippen LogP contribution in [0, 0.1) is 11.8 Å². The molecule has 114 valence electrons. The van der Waals surface area contributed by atoms with Crippen LogP contribution in [0.15, 0.2) is 0 Å². The molecule has 0 aromatic rings. The molecule has 2 atom stereocenters. The van der Waals surface area contributed by atoms with E-state index in [0.717, 1.165) is 31.3 Å². The summed E-state index contributed by atoms with van der Waals surface area (Å²) in [6.07, 6.45) is 8.41. The van der Waals surface area contributed by atoms with E-state index in [9.17, 15) is 5.11 Å². The van der Waals surface area contributed by atoms with Crippen LogP contribution in [0.5, 0.6) is 0 Å². The summed E-state index contributed by atoms with van der Waals surface area (Å²) in [5.74, 6) is 1.51. The van der Waals surface area contributed by atoms with Gasteiger partial charge in [-0.05, 0) is 50.6 Å². The van der Waals surface area contributed by atoms with Gasteiger partial charge >= 0.3 is 0 Å². The van der Waals surface area contributed by atoms with Crippen LogP contribution in [-0.2, 0) is 0 Å². The van der Waals surface area contributed by atoms with E-state index in [0.29, 0.717) is 6.04 Å². The molecule has 0 aromatic carbocycles. The van der Waals surface area contributed by atoms with E-state index in [-0.39, 0.29) is 6.10 Å². The van der Waals surface area contributed by atoms with Crippen LogP contribution >= 0.6 is 0 Å². The van der Waals surface area contributed by atoms with Crippen LogP contribution in [0.2, 0.25) is 0 Å². The molecule has 1 N–H and O–H groups in total. The Morgan fingerprint density at radius 1 is 0.895 bits per heavy atom. The van der Waals surface area contributed by atoms with E-state index < -0.39 is 0 Å². The summed E-state index contributed by atoms with van der Waals surface area (Å²) < 4.78 is 0. The molecule has 2 unspecified atom stereocenters. The Balaban J connectivity index is 2.57. The third kappa shape index (κ3) is 6.76. The average molecular weight is 269 g/mol. The van der Waals surface area contributed by atoms with E-state index in [1.807, 2.05) is 0 Å². The van der Waals surface area contributed by atoms with Gasteiger partial charge in [-0.2, -0.15) is 0 Å². The second-order valence-corrected chi connectivity index (χ2v) is 7.17.